The molecule has 1 saturated heterocycles. The van der Waals surface area contributed by atoms with Crippen LogP contribution in [0.4, 0.5) is 10.6 Å². The molecule has 5 atom stereocenters. The molecular weight excluding hydrogens is 911 g/mol. The second-order valence-electron chi connectivity index (χ2n) is 19.8. The van der Waals surface area contributed by atoms with Gasteiger partial charge in [-0.1, -0.05) is 75.4 Å². The lowest BCUT2D eigenvalue weighted by Gasteiger charge is -2.35. The third kappa shape index (κ3) is 11.4. The van der Waals surface area contributed by atoms with Crippen LogP contribution in [0, 0.1) is 12.3 Å². The van der Waals surface area contributed by atoms with Gasteiger partial charge >= 0.3 is 6.03 Å². The highest BCUT2D eigenvalue weighted by atomic mass is 32.1. The van der Waals surface area contributed by atoms with Gasteiger partial charge in [0.1, 0.15) is 12.1 Å². The standard InChI is InChI=1S/C51H63N11O7S/c1-29(31-15-17-33(18-16-31)41-30(2)53-28-70-41)54-47(67)39-23-36(63)25-61(39)48(68)43(50(3,4)5)56-40(64)24-52-45(65)34-19-21-35(22-20-34)46(66)57-44-37-26-62(51(6,7)42(37)58-59-44)49(69)55-38(27-60(8)9)32-13-11-10-12-14-32/h10-22,28-29,36,38-39,43,63H,23-27H2,1-9H3,(H,52,65)(H,54,67)(H,55,69)(H,56,64)(H2,57,58,59,66)/t29-,36+,38+,39-,43+/m0/s1. The van der Waals surface area contributed by atoms with Crippen molar-refractivity contribution in [3.63, 3.8) is 0 Å². The quantitative estimate of drug-likeness (QED) is 0.0720. The van der Waals surface area contributed by atoms with Crippen LogP contribution in [0.15, 0.2) is 84.4 Å². The third-order valence-corrected chi connectivity index (χ3v) is 13.9. The lowest BCUT2D eigenvalue weighted by Crippen LogP contribution is -2.58. The molecule has 3 aromatic carbocycles. The van der Waals surface area contributed by atoms with Crippen molar-refractivity contribution in [1.82, 2.24) is 51.1 Å². The highest BCUT2D eigenvalue weighted by molar-refractivity contribution is 7.13. The Labute approximate surface area is 412 Å². The van der Waals surface area contributed by atoms with E-state index in [9.17, 15) is 33.9 Å². The number of hydrogen-bond donors (Lipinski definition) is 7. The number of carbonyl (C=O) groups is 6. The van der Waals surface area contributed by atoms with E-state index in [0.717, 1.165) is 27.3 Å². The number of carbonyl (C=O) groups excluding carboxylic acids is 6. The number of β-amino-alcohol motifs (C(OH)–C–C–N with tert-alkyl or cyclic N) is 1. The molecule has 70 heavy (non-hydrogen) atoms. The fourth-order valence-corrected chi connectivity index (χ4v) is 9.71. The number of likely N-dealkylation sites (N-methyl/N-ethyl adjacent to an activating group) is 1. The number of likely N-dealkylation sites (tertiary alicyclic amines) is 1. The van der Waals surface area contributed by atoms with Crippen LogP contribution < -0.4 is 26.6 Å². The molecule has 0 aliphatic carbocycles. The normalized spacial score (nSPS) is 17.6. The van der Waals surface area contributed by atoms with Crippen LogP contribution in [-0.4, -0.2) is 122 Å². The number of aromatic amines is 1. The second-order valence-corrected chi connectivity index (χ2v) is 20.7. The summed E-state index contributed by atoms with van der Waals surface area (Å²) in [7, 11) is 3.90. The summed E-state index contributed by atoms with van der Waals surface area (Å²) >= 11 is 1.55. The number of amides is 7. The molecule has 18 nitrogen and oxygen atoms in total. The van der Waals surface area contributed by atoms with E-state index < -0.39 is 71.3 Å². The van der Waals surface area contributed by atoms with Crippen molar-refractivity contribution >= 4 is 52.7 Å². The summed E-state index contributed by atoms with van der Waals surface area (Å²) in [4.78, 5) is 92.2. The van der Waals surface area contributed by atoms with Crippen molar-refractivity contribution in [3.05, 3.63) is 124 Å². The zero-order chi connectivity index (χ0) is 50.7. The Morgan fingerprint density at radius 1 is 0.900 bits per heavy atom. The largest absolute Gasteiger partial charge is 0.391 e. The SMILES string of the molecule is Cc1ncsc1-c1ccc([C@H](C)NC(=O)[C@@H]2C[C@@H](O)CN2C(=O)[C@@H](NC(=O)CNC(=O)c2ccc(C(=O)Nc3n[nH]c4c3CN(C(=O)N[C@H](CN(C)C)c3ccccc3)C4(C)C)cc2)C(C)(C)C)cc1. The summed E-state index contributed by atoms with van der Waals surface area (Å²) in [5, 5.41) is 32.4. The minimum absolute atomic E-state index is 0.0330. The first-order valence-corrected chi connectivity index (χ1v) is 24.1. The highest BCUT2D eigenvalue weighted by Gasteiger charge is 2.46. The van der Waals surface area contributed by atoms with Crippen LogP contribution in [-0.2, 0) is 26.5 Å². The molecule has 2 aromatic heterocycles. The number of thiazole rings is 1. The monoisotopic (exact) mass is 973 g/mol. The van der Waals surface area contributed by atoms with Gasteiger partial charge < -0.3 is 46.4 Å². The van der Waals surface area contributed by atoms with Gasteiger partial charge in [-0.05, 0) is 88.2 Å². The first-order chi connectivity index (χ1) is 33.1. The van der Waals surface area contributed by atoms with Crippen molar-refractivity contribution in [1.29, 1.82) is 0 Å². The predicted octanol–water partition coefficient (Wildman–Crippen LogP) is 5.26. The van der Waals surface area contributed by atoms with Crippen LogP contribution >= 0.6 is 11.3 Å². The van der Waals surface area contributed by atoms with Gasteiger partial charge in [0, 0.05) is 36.2 Å². The molecule has 1 fully saturated rings. The molecule has 19 heteroatoms. The summed E-state index contributed by atoms with van der Waals surface area (Å²) in [6.07, 6.45) is -0.910. The van der Waals surface area contributed by atoms with Gasteiger partial charge in [-0.15, -0.1) is 11.3 Å². The van der Waals surface area contributed by atoms with Crippen molar-refractivity contribution in [2.45, 2.75) is 97.2 Å². The van der Waals surface area contributed by atoms with Gasteiger partial charge in [-0.25, -0.2) is 9.78 Å². The maximum absolute atomic E-state index is 14.2. The third-order valence-electron chi connectivity index (χ3n) is 12.9. The van der Waals surface area contributed by atoms with Gasteiger partial charge in [0.2, 0.25) is 17.7 Å². The molecule has 7 amide bonds. The number of H-pyrrole nitrogens is 1. The molecule has 5 aromatic rings. The minimum atomic E-state index is -1.10. The van der Waals surface area contributed by atoms with Crippen molar-refractivity contribution < 1.29 is 33.9 Å². The van der Waals surface area contributed by atoms with Crippen LogP contribution in [0.5, 0.6) is 0 Å². The number of anilines is 1. The van der Waals surface area contributed by atoms with E-state index in [1.54, 1.807) is 42.5 Å². The van der Waals surface area contributed by atoms with Crippen molar-refractivity contribution in [3.8, 4) is 10.4 Å². The molecule has 0 spiro atoms. The molecule has 0 radical (unpaired) electrons. The summed E-state index contributed by atoms with van der Waals surface area (Å²) in [5.41, 5.74) is 5.82. The number of urea groups is 1. The van der Waals surface area contributed by atoms with E-state index in [2.05, 4.69) is 41.8 Å². The smallest absolute Gasteiger partial charge is 0.319 e. The number of nitrogens with zero attached hydrogens (tertiary/aromatic N) is 5. The number of aromatic nitrogens is 3. The van der Waals surface area contributed by atoms with Gasteiger partial charge in [0.05, 0.1) is 58.6 Å². The Morgan fingerprint density at radius 3 is 2.17 bits per heavy atom. The van der Waals surface area contributed by atoms with E-state index in [-0.39, 0.29) is 48.5 Å². The van der Waals surface area contributed by atoms with Crippen molar-refractivity contribution in [2.75, 3.05) is 39.0 Å². The van der Waals surface area contributed by atoms with Crippen LogP contribution in [0.1, 0.15) is 109 Å². The predicted molar refractivity (Wildman–Crippen MR) is 267 cm³/mol. The van der Waals surface area contributed by atoms with E-state index in [1.165, 1.54) is 29.2 Å². The molecular formula is C51H63N11O7S. The second kappa shape index (κ2) is 21.0. The fourth-order valence-electron chi connectivity index (χ4n) is 8.90. The Balaban J connectivity index is 0.918. The number of hydrogen-bond acceptors (Lipinski definition) is 11. The first-order valence-electron chi connectivity index (χ1n) is 23.3. The lowest BCUT2D eigenvalue weighted by atomic mass is 9.85. The average molecular weight is 974 g/mol. The molecule has 7 rings (SSSR count). The van der Waals surface area contributed by atoms with Crippen LogP contribution in [0.2, 0.25) is 0 Å². The lowest BCUT2D eigenvalue weighted by molar-refractivity contribution is -0.144. The number of aryl methyl sites for hydroxylation is 1. The molecule has 370 valence electrons. The summed E-state index contributed by atoms with van der Waals surface area (Å²) < 4.78 is 0. The molecule has 0 bridgehead atoms. The van der Waals surface area contributed by atoms with E-state index in [0.29, 0.717) is 17.8 Å². The number of aliphatic hydroxyl groups is 1. The zero-order valence-corrected chi connectivity index (χ0v) is 41.9. The van der Waals surface area contributed by atoms with Gasteiger partial charge in [-0.3, -0.25) is 29.1 Å². The molecule has 2 aliphatic rings. The minimum Gasteiger partial charge on any atom is -0.391 e. The summed E-state index contributed by atoms with van der Waals surface area (Å²) in [6, 6.07) is 20.5. The average Bonchev–Trinajstić information content (AvgIpc) is 4.11. The maximum atomic E-state index is 14.2. The summed E-state index contributed by atoms with van der Waals surface area (Å²) in [6.45, 7) is 13.2. The Hall–Kier alpha value is -6.96. The summed E-state index contributed by atoms with van der Waals surface area (Å²) in [5.74, 6) is -2.39. The Kier molecular flexibility index (Phi) is 15.2. The number of rotatable bonds is 15. The highest BCUT2D eigenvalue weighted by Crippen LogP contribution is 2.41. The van der Waals surface area contributed by atoms with E-state index in [4.69, 9.17) is 0 Å². The molecule has 4 heterocycles. The van der Waals surface area contributed by atoms with Crippen molar-refractivity contribution in [2.24, 2.45) is 5.41 Å². The number of aliphatic hydroxyl groups excluding tert-OH is 1. The van der Waals surface area contributed by atoms with Gasteiger partial charge in [0.25, 0.3) is 11.8 Å². The molecule has 0 saturated carbocycles. The van der Waals surface area contributed by atoms with Gasteiger partial charge in [-0.2, -0.15) is 5.10 Å². The fraction of sp³-hybridized carbons (Fsp3) is 0.412. The van der Waals surface area contributed by atoms with Crippen LogP contribution in [0.25, 0.3) is 10.4 Å². The Morgan fingerprint density at radius 2 is 1.56 bits per heavy atom. The topological polar surface area (TPSA) is 234 Å². The molecule has 2 aliphatic heterocycles. The van der Waals surface area contributed by atoms with E-state index in [1.807, 2.05) is 101 Å². The zero-order valence-electron chi connectivity index (χ0n) is 41.0. The number of nitrogens with one attached hydrogen (secondary N) is 6. The number of benzene rings is 3. The Bertz CT molecular complexity index is 2710. The number of fused-ring (bicyclic) bond motifs is 1. The van der Waals surface area contributed by atoms with Gasteiger partial charge in [0.15, 0.2) is 5.82 Å². The molecule has 7 N–H and O–H groups in total. The van der Waals surface area contributed by atoms with Crippen LogP contribution in [0.3, 0.4) is 0 Å². The maximum Gasteiger partial charge on any atom is 0.319 e. The van der Waals surface area contributed by atoms with E-state index >= 15 is 0 Å². The first kappa shape index (κ1) is 50.9. The molecule has 0 unspecified atom stereocenters.